The fourth-order valence-corrected chi connectivity index (χ4v) is 2.08. The summed E-state index contributed by atoms with van der Waals surface area (Å²) in [6.07, 6.45) is 0. The zero-order valence-electron chi connectivity index (χ0n) is 8.47. The van der Waals surface area contributed by atoms with E-state index in [-0.39, 0.29) is 0 Å². The average molecular weight is 216 g/mol. The Hall–Kier alpha value is -1.48. The van der Waals surface area contributed by atoms with Gasteiger partial charge in [0.2, 0.25) is 0 Å². The SMILES string of the molecule is Cc1cccc(Sc2ccc(N)cc2)n1. The summed E-state index contributed by atoms with van der Waals surface area (Å²) in [5.74, 6) is 0. The molecular weight excluding hydrogens is 204 g/mol. The first-order chi connectivity index (χ1) is 7.24. The van der Waals surface area contributed by atoms with Gasteiger partial charge in [-0.05, 0) is 43.3 Å². The van der Waals surface area contributed by atoms with Crippen LogP contribution in [0.5, 0.6) is 0 Å². The number of anilines is 1. The molecule has 0 aliphatic carbocycles. The molecule has 0 radical (unpaired) electrons. The first-order valence-corrected chi connectivity index (χ1v) is 5.53. The molecule has 2 aromatic rings. The average Bonchev–Trinajstić information content (AvgIpc) is 2.22. The quantitative estimate of drug-likeness (QED) is 0.784. The maximum atomic E-state index is 5.62. The van der Waals surface area contributed by atoms with E-state index >= 15 is 0 Å². The topological polar surface area (TPSA) is 38.9 Å². The molecule has 1 aromatic carbocycles. The number of benzene rings is 1. The lowest BCUT2D eigenvalue weighted by atomic mass is 10.3. The molecular formula is C12H12N2S. The molecule has 1 aromatic heterocycles. The fourth-order valence-electron chi connectivity index (χ4n) is 1.23. The number of nitrogen functional groups attached to an aromatic ring is 1. The highest BCUT2D eigenvalue weighted by atomic mass is 32.2. The summed E-state index contributed by atoms with van der Waals surface area (Å²) >= 11 is 1.64. The monoisotopic (exact) mass is 216 g/mol. The highest BCUT2D eigenvalue weighted by Gasteiger charge is 1.98. The van der Waals surface area contributed by atoms with Gasteiger partial charge in [0, 0.05) is 16.3 Å². The Balaban J connectivity index is 2.18. The maximum Gasteiger partial charge on any atom is 0.101 e. The van der Waals surface area contributed by atoms with Crippen molar-refractivity contribution < 1.29 is 0 Å². The Bertz CT molecular complexity index is 451. The van der Waals surface area contributed by atoms with Crippen LogP contribution in [0.4, 0.5) is 5.69 Å². The second-order valence-corrected chi connectivity index (χ2v) is 4.38. The van der Waals surface area contributed by atoms with Gasteiger partial charge < -0.3 is 5.73 Å². The molecule has 0 unspecified atom stereocenters. The molecule has 0 bridgehead atoms. The van der Waals surface area contributed by atoms with Gasteiger partial charge in [-0.15, -0.1) is 0 Å². The van der Waals surface area contributed by atoms with E-state index in [2.05, 4.69) is 4.98 Å². The van der Waals surface area contributed by atoms with Crippen LogP contribution >= 0.6 is 11.8 Å². The number of hydrogen-bond acceptors (Lipinski definition) is 3. The molecule has 0 atom stereocenters. The van der Waals surface area contributed by atoms with Crippen molar-refractivity contribution in [2.24, 2.45) is 0 Å². The zero-order valence-corrected chi connectivity index (χ0v) is 9.29. The molecule has 1 heterocycles. The van der Waals surface area contributed by atoms with Crippen molar-refractivity contribution in [2.45, 2.75) is 16.8 Å². The second-order valence-electron chi connectivity index (χ2n) is 3.29. The van der Waals surface area contributed by atoms with Gasteiger partial charge in [0.25, 0.3) is 0 Å². The predicted octanol–water partition coefficient (Wildman–Crippen LogP) is 3.12. The highest BCUT2D eigenvalue weighted by molar-refractivity contribution is 7.99. The Morgan fingerprint density at radius 2 is 1.80 bits per heavy atom. The van der Waals surface area contributed by atoms with E-state index in [4.69, 9.17) is 5.73 Å². The summed E-state index contributed by atoms with van der Waals surface area (Å²) in [6, 6.07) is 13.8. The van der Waals surface area contributed by atoms with Crippen molar-refractivity contribution in [1.82, 2.24) is 4.98 Å². The standard InChI is InChI=1S/C12H12N2S/c1-9-3-2-4-12(14-9)15-11-7-5-10(13)6-8-11/h2-8H,13H2,1H3. The number of rotatable bonds is 2. The normalized spacial score (nSPS) is 10.2. The van der Waals surface area contributed by atoms with E-state index in [9.17, 15) is 0 Å². The number of hydrogen-bond donors (Lipinski definition) is 1. The second kappa shape index (κ2) is 4.36. The van der Waals surface area contributed by atoms with Gasteiger partial charge in [-0.1, -0.05) is 17.8 Å². The lowest BCUT2D eigenvalue weighted by Gasteiger charge is -2.01. The molecule has 0 amide bonds. The minimum atomic E-state index is 0.788. The molecule has 0 aliphatic rings. The number of aromatic nitrogens is 1. The van der Waals surface area contributed by atoms with Crippen LogP contribution in [0.3, 0.4) is 0 Å². The van der Waals surface area contributed by atoms with Crippen molar-refractivity contribution in [1.29, 1.82) is 0 Å². The van der Waals surface area contributed by atoms with Gasteiger partial charge in [0.1, 0.15) is 5.03 Å². The van der Waals surface area contributed by atoms with Gasteiger partial charge in [-0.2, -0.15) is 0 Å². The van der Waals surface area contributed by atoms with E-state index < -0.39 is 0 Å². The zero-order chi connectivity index (χ0) is 10.7. The minimum absolute atomic E-state index is 0.788. The van der Waals surface area contributed by atoms with Gasteiger partial charge in [-0.3, -0.25) is 0 Å². The van der Waals surface area contributed by atoms with Gasteiger partial charge in [0.15, 0.2) is 0 Å². The Morgan fingerprint density at radius 3 is 2.47 bits per heavy atom. The van der Waals surface area contributed by atoms with E-state index in [0.717, 1.165) is 21.3 Å². The lowest BCUT2D eigenvalue weighted by molar-refractivity contribution is 1.06. The third-order valence-corrected chi connectivity index (χ3v) is 2.91. The first-order valence-electron chi connectivity index (χ1n) is 4.71. The third-order valence-electron chi connectivity index (χ3n) is 1.97. The fraction of sp³-hybridized carbons (Fsp3) is 0.0833. The third kappa shape index (κ3) is 2.73. The minimum Gasteiger partial charge on any atom is -0.399 e. The molecule has 2 nitrogen and oxygen atoms in total. The Labute approximate surface area is 93.5 Å². The summed E-state index contributed by atoms with van der Waals surface area (Å²) < 4.78 is 0. The molecule has 15 heavy (non-hydrogen) atoms. The van der Waals surface area contributed by atoms with Crippen molar-refractivity contribution in [3.8, 4) is 0 Å². The number of aryl methyl sites for hydroxylation is 1. The summed E-state index contributed by atoms with van der Waals surface area (Å²) in [7, 11) is 0. The van der Waals surface area contributed by atoms with Crippen molar-refractivity contribution in [2.75, 3.05) is 5.73 Å². The van der Waals surface area contributed by atoms with Crippen molar-refractivity contribution in [3.63, 3.8) is 0 Å². The molecule has 76 valence electrons. The van der Waals surface area contributed by atoms with Crippen LogP contribution in [0.1, 0.15) is 5.69 Å². The predicted molar refractivity (Wildman–Crippen MR) is 64.0 cm³/mol. The summed E-state index contributed by atoms with van der Waals surface area (Å²) in [4.78, 5) is 5.58. The summed E-state index contributed by atoms with van der Waals surface area (Å²) in [5, 5.41) is 1.01. The van der Waals surface area contributed by atoms with Crippen LogP contribution in [0, 0.1) is 6.92 Å². The van der Waals surface area contributed by atoms with E-state index in [1.807, 2.05) is 49.4 Å². The number of nitrogens with zero attached hydrogens (tertiary/aromatic N) is 1. The Morgan fingerprint density at radius 1 is 1.07 bits per heavy atom. The van der Waals surface area contributed by atoms with Crippen LogP contribution in [0.2, 0.25) is 0 Å². The number of pyridine rings is 1. The molecule has 2 rings (SSSR count). The van der Waals surface area contributed by atoms with Gasteiger partial charge in [-0.25, -0.2) is 4.98 Å². The molecule has 2 N–H and O–H groups in total. The van der Waals surface area contributed by atoms with Crippen LogP contribution < -0.4 is 5.73 Å². The van der Waals surface area contributed by atoms with E-state index in [1.54, 1.807) is 11.8 Å². The maximum absolute atomic E-state index is 5.62. The van der Waals surface area contributed by atoms with Gasteiger partial charge in [0.05, 0.1) is 0 Å². The molecule has 3 heteroatoms. The molecule has 0 spiro atoms. The van der Waals surface area contributed by atoms with Crippen LogP contribution in [-0.2, 0) is 0 Å². The number of nitrogens with two attached hydrogens (primary N) is 1. The Kier molecular flexibility index (Phi) is 2.92. The smallest absolute Gasteiger partial charge is 0.101 e. The highest BCUT2D eigenvalue weighted by Crippen LogP contribution is 2.26. The molecule has 0 fully saturated rings. The lowest BCUT2D eigenvalue weighted by Crippen LogP contribution is -1.85. The van der Waals surface area contributed by atoms with Crippen LogP contribution in [0.15, 0.2) is 52.4 Å². The van der Waals surface area contributed by atoms with Crippen molar-refractivity contribution in [3.05, 3.63) is 48.2 Å². The molecule has 0 aliphatic heterocycles. The van der Waals surface area contributed by atoms with E-state index in [1.165, 1.54) is 0 Å². The van der Waals surface area contributed by atoms with Crippen molar-refractivity contribution >= 4 is 17.4 Å². The van der Waals surface area contributed by atoms with Gasteiger partial charge >= 0.3 is 0 Å². The first kappa shape index (κ1) is 10.1. The van der Waals surface area contributed by atoms with E-state index in [0.29, 0.717) is 0 Å². The molecule has 0 saturated heterocycles. The van der Waals surface area contributed by atoms with Crippen LogP contribution in [0.25, 0.3) is 0 Å². The molecule has 0 saturated carbocycles. The largest absolute Gasteiger partial charge is 0.399 e. The summed E-state index contributed by atoms with van der Waals surface area (Å²) in [6.45, 7) is 1.99. The summed E-state index contributed by atoms with van der Waals surface area (Å²) in [5.41, 5.74) is 7.45. The van der Waals surface area contributed by atoms with Crippen LogP contribution in [-0.4, -0.2) is 4.98 Å².